The summed E-state index contributed by atoms with van der Waals surface area (Å²) >= 11 is 0. The number of pyridine rings is 1. The first-order valence-electron chi connectivity index (χ1n) is 5.81. The van der Waals surface area contributed by atoms with Gasteiger partial charge in [0.2, 0.25) is 0 Å². The lowest BCUT2D eigenvalue weighted by Crippen LogP contribution is -2.26. The summed E-state index contributed by atoms with van der Waals surface area (Å²) in [4.78, 5) is 5.94. The molecule has 4 heteroatoms. The van der Waals surface area contributed by atoms with E-state index in [4.69, 9.17) is 5.11 Å². The summed E-state index contributed by atoms with van der Waals surface area (Å²) in [5, 5.41) is 9.09. The smallest absolute Gasteiger partial charge is 0.141 e. The van der Waals surface area contributed by atoms with Gasteiger partial charge in [-0.2, -0.15) is 0 Å². The van der Waals surface area contributed by atoms with Crippen LogP contribution in [0.15, 0.2) is 48.7 Å². The summed E-state index contributed by atoms with van der Waals surface area (Å²) in [5.41, 5.74) is 1.12. The van der Waals surface area contributed by atoms with E-state index in [-0.39, 0.29) is 12.4 Å². The predicted octanol–water partition coefficient (Wildman–Crippen LogP) is 2.22. The van der Waals surface area contributed by atoms with Crippen LogP contribution in [0, 0.1) is 5.82 Å². The Hall–Kier alpha value is -1.94. The van der Waals surface area contributed by atoms with E-state index in [0.29, 0.717) is 18.9 Å². The number of aromatic nitrogens is 1. The van der Waals surface area contributed by atoms with Crippen LogP contribution in [0.25, 0.3) is 0 Å². The molecule has 0 spiro atoms. The lowest BCUT2D eigenvalue weighted by molar-refractivity contribution is 0.301. The first-order chi connectivity index (χ1) is 8.79. The van der Waals surface area contributed by atoms with Gasteiger partial charge in [-0.15, -0.1) is 0 Å². The minimum atomic E-state index is -0.359. The molecule has 0 radical (unpaired) electrons. The Kier molecular flexibility index (Phi) is 4.25. The lowest BCUT2D eigenvalue weighted by atomic mass is 10.2. The summed E-state index contributed by atoms with van der Waals surface area (Å²) < 4.78 is 12.8. The standard InChI is InChI=1S/C14H15FN2O/c15-13-6-7-14(16-10-13)17(8-9-18)11-12-4-2-1-3-5-12/h1-7,10,18H,8-9,11H2. The van der Waals surface area contributed by atoms with Crippen LogP contribution in [0.1, 0.15) is 5.56 Å². The molecule has 0 aliphatic carbocycles. The van der Waals surface area contributed by atoms with E-state index >= 15 is 0 Å². The molecule has 1 N–H and O–H groups in total. The Morgan fingerprint density at radius 3 is 2.50 bits per heavy atom. The molecule has 0 unspecified atom stereocenters. The fraction of sp³-hybridized carbons (Fsp3) is 0.214. The van der Waals surface area contributed by atoms with Crippen molar-refractivity contribution in [3.8, 4) is 0 Å². The number of anilines is 1. The molecule has 2 aromatic rings. The van der Waals surface area contributed by atoms with Gasteiger partial charge in [0.15, 0.2) is 0 Å². The minimum absolute atomic E-state index is 0.0336. The van der Waals surface area contributed by atoms with E-state index in [1.165, 1.54) is 12.3 Å². The molecule has 18 heavy (non-hydrogen) atoms. The number of halogens is 1. The van der Waals surface area contributed by atoms with Crippen molar-refractivity contribution in [2.24, 2.45) is 0 Å². The van der Waals surface area contributed by atoms with E-state index in [1.807, 2.05) is 35.2 Å². The van der Waals surface area contributed by atoms with Crippen molar-refractivity contribution in [3.05, 3.63) is 60.0 Å². The van der Waals surface area contributed by atoms with Gasteiger partial charge >= 0.3 is 0 Å². The fourth-order valence-electron chi connectivity index (χ4n) is 1.75. The molecule has 0 aliphatic heterocycles. The van der Waals surface area contributed by atoms with Crippen LogP contribution in [-0.4, -0.2) is 23.2 Å². The van der Waals surface area contributed by atoms with E-state index in [1.54, 1.807) is 6.07 Å². The summed E-state index contributed by atoms with van der Waals surface area (Å²) in [6.45, 7) is 1.14. The van der Waals surface area contributed by atoms with Gasteiger partial charge in [0.1, 0.15) is 11.6 Å². The average Bonchev–Trinajstić information content (AvgIpc) is 2.40. The highest BCUT2D eigenvalue weighted by molar-refractivity contribution is 5.39. The van der Waals surface area contributed by atoms with E-state index in [0.717, 1.165) is 5.56 Å². The molecule has 0 aliphatic rings. The van der Waals surface area contributed by atoms with Crippen molar-refractivity contribution in [2.75, 3.05) is 18.1 Å². The Bertz CT molecular complexity index is 473. The van der Waals surface area contributed by atoms with Crippen LogP contribution in [0.4, 0.5) is 10.2 Å². The highest BCUT2D eigenvalue weighted by Crippen LogP contribution is 2.14. The Balaban J connectivity index is 2.15. The molecular formula is C14H15FN2O. The zero-order valence-corrected chi connectivity index (χ0v) is 9.96. The van der Waals surface area contributed by atoms with Crippen molar-refractivity contribution in [3.63, 3.8) is 0 Å². The summed E-state index contributed by atoms with van der Waals surface area (Å²) in [5.74, 6) is 0.303. The van der Waals surface area contributed by atoms with Gasteiger partial charge in [0, 0.05) is 13.1 Å². The van der Waals surface area contributed by atoms with Crippen LogP contribution < -0.4 is 4.90 Å². The summed E-state index contributed by atoms with van der Waals surface area (Å²) in [7, 11) is 0. The number of rotatable bonds is 5. The summed E-state index contributed by atoms with van der Waals surface area (Å²) in [6, 6.07) is 12.9. The molecule has 1 aromatic carbocycles. The first-order valence-corrected chi connectivity index (χ1v) is 5.81. The third-order valence-electron chi connectivity index (χ3n) is 2.62. The third kappa shape index (κ3) is 3.28. The Morgan fingerprint density at radius 2 is 1.89 bits per heavy atom. The van der Waals surface area contributed by atoms with Crippen LogP contribution in [0.5, 0.6) is 0 Å². The molecule has 0 amide bonds. The van der Waals surface area contributed by atoms with Crippen molar-refractivity contribution >= 4 is 5.82 Å². The predicted molar refractivity (Wildman–Crippen MR) is 68.8 cm³/mol. The Labute approximate surface area is 106 Å². The Morgan fingerprint density at radius 1 is 1.11 bits per heavy atom. The molecule has 1 aromatic heterocycles. The molecule has 0 saturated heterocycles. The molecule has 94 valence electrons. The van der Waals surface area contributed by atoms with Gasteiger partial charge < -0.3 is 10.0 Å². The number of nitrogens with zero attached hydrogens (tertiary/aromatic N) is 2. The van der Waals surface area contributed by atoms with Crippen molar-refractivity contribution in [1.29, 1.82) is 0 Å². The zero-order valence-electron chi connectivity index (χ0n) is 9.96. The van der Waals surface area contributed by atoms with Crippen molar-refractivity contribution in [1.82, 2.24) is 4.98 Å². The van der Waals surface area contributed by atoms with E-state index in [2.05, 4.69) is 4.98 Å². The number of hydrogen-bond acceptors (Lipinski definition) is 3. The average molecular weight is 246 g/mol. The molecule has 2 rings (SSSR count). The maximum atomic E-state index is 12.8. The van der Waals surface area contributed by atoms with Crippen LogP contribution in [0.2, 0.25) is 0 Å². The molecule has 3 nitrogen and oxygen atoms in total. The van der Waals surface area contributed by atoms with Crippen LogP contribution in [0.3, 0.4) is 0 Å². The molecule has 0 fully saturated rings. The normalized spacial score (nSPS) is 10.3. The first kappa shape index (κ1) is 12.5. The quantitative estimate of drug-likeness (QED) is 0.878. The van der Waals surface area contributed by atoms with Gasteiger partial charge in [0.25, 0.3) is 0 Å². The second-order valence-electron chi connectivity index (χ2n) is 3.97. The maximum absolute atomic E-state index is 12.8. The van der Waals surface area contributed by atoms with Gasteiger partial charge in [0.05, 0.1) is 12.8 Å². The second kappa shape index (κ2) is 6.12. The second-order valence-corrected chi connectivity index (χ2v) is 3.97. The van der Waals surface area contributed by atoms with E-state index < -0.39 is 0 Å². The highest BCUT2D eigenvalue weighted by Gasteiger charge is 2.08. The fourth-order valence-corrected chi connectivity index (χ4v) is 1.75. The largest absolute Gasteiger partial charge is 0.395 e. The summed E-state index contributed by atoms with van der Waals surface area (Å²) in [6.07, 6.45) is 1.19. The molecule has 1 heterocycles. The number of hydrogen-bond donors (Lipinski definition) is 1. The SMILES string of the molecule is OCCN(Cc1ccccc1)c1ccc(F)cn1. The van der Waals surface area contributed by atoms with Crippen LogP contribution in [-0.2, 0) is 6.54 Å². The molecule has 0 atom stereocenters. The molecule has 0 saturated carbocycles. The third-order valence-corrected chi connectivity index (χ3v) is 2.62. The number of aliphatic hydroxyl groups excluding tert-OH is 1. The highest BCUT2D eigenvalue weighted by atomic mass is 19.1. The van der Waals surface area contributed by atoms with Gasteiger partial charge in [-0.1, -0.05) is 30.3 Å². The van der Waals surface area contributed by atoms with Crippen molar-refractivity contribution < 1.29 is 9.50 Å². The molecular weight excluding hydrogens is 231 g/mol. The number of benzene rings is 1. The number of aliphatic hydroxyl groups is 1. The molecule has 0 bridgehead atoms. The van der Waals surface area contributed by atoms with Gasteiger partial charge in [-0.25, -0.2) is 9.37 Å². The monoisotopic (exact) mass is 246 g/mol. The maximum Gasteiger partial charge on any atom is 0.141 e. The van der Waals surface area contributed by atoms with Gasteiger partial charge in [-0.3, -0.25) is 0 Å². The topological polar surface area (TPSA) is 36.4 Å². The van der Waals surface area contributed by atoms with Gasteiger partial charge in [-0.05, 0) is 17.7 Å². The lowest BCUT2D eigenvalue weighted by Gasteiger charge is -2.22. The van der Waals surface area contributed by atoms with Crippen LogP contribution >= 0.6 is 0 Å². The minimum Gasteiger partial charge on any atom is -0.395 e. The van der Waals surface area contributed by atoms with E-state index in [9.17, 15) is 4.39 Å². The zero-order chi connectivity index (χ0) is 12.8. The van der Waals surface area contributed by atoms with Crippen molar-refractivity contribution in [2.45, 2.75) is 6.54 Å².